The van der Waals surface area contributed by atoms with Crippen LogP contribution in [0.1, 0.15) is 45.1 Å². The van der Waals surface area contributed by atoms with Crippen LogP contribution in [0.3, 0.4) is 0 Å². The molecule has 0 spiro atoms. The van der Waals surface area contributed by atoms with Crippen molar-refractivity contribution in [1.82, 2.24) is 4.90 Å². The number of rotatable bonds is 6. The van der Waals surface area contributed by atoms with E-state index in [2.05, 4.69) is 37.8 Å². The summed E-state index contributed by atoms with van der Waals surface area (Å²) in [5, 5.41) is 0. The number of hydrogen-bond donors (Lipinski definition) is 0. The maximum absolute atomic E-state index is 13.2. The van der Waals surface area contributed by atoms with E-state index in [0.29, 0.717) is 17.9 Å². The van der Waals surface area contributed by atoms with Gasteiger partial charge in [0.1, 0.15) is 0 Å². The van der Waals surface area contributed by atoms with Crippen LogP contribution < -0.4 is 0 Å². The molecule has 0 saturated carbocycles. The number of nitrogens with zero attached hydrogens (tertiary/aromatic N) is 1. The van der Waals surface area contributed by atoms with Crippen LogP contribution in [0.2, 0.25) is 0 Å². The van der Waals surface area contributed by atoms with Gasteiger partial charge < -0.3 is 9.64 Å². The zero-order valence-electron chi connectivity index (χ0n) is 14.3. The molecule has 2 unspecified atom stereocenters. The fourth-order valence-corrected chi connectivity index (χ4v) is 3.68. The van der Waals surface area contributed by atoms with Gasteiger partial charge in [0, 0.05) is 25.6 Å². The van der Waals surface area contributed by atoms with Crippen molar-refractivity contribution < 1.29 is 9.53 Å². The normalized spacial score (nSPS) is 23.0. The van der Waals surface area contributed by atoms with Crippen LogP contribution in [0.4, 0.5) is 0 Å². The summed E-state index contributed by atoms with van der Waals surface area (Å²) in [6.07, 6.45) is 2.08. The smallest absolute Gasteiger partial charge is 0.230 e. The lowest BCUT2D eigenvalue weighted by atomic mass is 9.87. The van der Waals surface area contributed by atoms with E-state index in [9.17, 15) is 4.79 Å². The van der Waals surface area contributed by atoms with Crippen molar-refractivity contribution in [3.63, 3.8) is 0 Å². The summed E-state index contributed by atoms with van der Waals surface area (Å²) in [5.74, 6) is 1.01. The summed E-state index contributed by atoms with van der Waals surface area (Å²) in [4.78, 5) is 15.3. The van der Waals surface area contributed by atoms with Gasteiger partial charge in [0.05, 0.1) is 12.5 Å². The molecule has 1 saturated heterocycles. The Morgan fingerprint density at radius 3 is 2.55 bits per heavy atom. The van der Waals surface area contributed by atoms with Gasteiger partial charge in [-0.2, -0.15) is 0 Å². The van der Waals surface area contributed by atoms with Gasteiger partial charge in [0.2, 0.25) is 5.91 Å². The van der Waals surface area contributed by atoms with Gasteiger partial charge in [-0.3, -0.25) is 4.79 Å². The number of amides is 1. The lowest BCUT2D eigenvalue weighted by molar-refractivity contribution is -0.134. The second-order valence-corrected chi connectivity index (χ2v) is 6.74. The minimum absolute atomic E-state index is 0.0449. The Balaban J connectivity index is 2.20. The molecule has 122 valence electrons. The SMILES string of the molecule is CC[C@@H]1CC(COC)CN1C(=O)C(c1ccccc1)C(C)C. The number of likely N-dealkylation sites (tertiary alicyclic amines) is 1. The molecule has 0 radical (unpaired) electrons. The summed E-state index contributed by atoms with van der Waals surface area (Å²) in [6.45, 7) is 8.03. The van der Waals surface area contributed by atoms with E-state index in [0.717, 1.165) is 31.6 Å². The second kappa shape index (κ2) is 7.77. The van der Waals surface area contributed by atoms with Crippen molar-refractivity contribution >= 4 is 5.91 Å². The molecular weight excluding hydrogens is 274 g/mol. The topological polar surface area (TPSA) is 29.5 Å². The Labute approximate surface area is 134 Å². The van der Waals surface area contributed by atoms with Crippen LogP contribution in [-0.4, -0.2) is 37.1 Å². The largest absolute Gasteiger partial charge is 0.384 e. The average Bonchev–Trinajstić information content (AvgIpc) is 2.91. The fraction of sp³-hybridized carbons (Fsp3) is 0.632. The Kier molecular flexibility index (Phi) is 6.01. The quantitative estimate of drug-likeness (QED) is 0.802. The number of methoxy groups -OCH3 is 1. The highest BCUT2D eigenvalue weighted by molar-refractivity contribution is 5.84. The lowest BCUT2D eigenvalue weighted by Crippen LogP contribution is -2.40. The molecule has 1 fully saturated rings. The third kappa shape index (κ3) is 3.70. The molecule has 1 heterocycles. The molecule has 3 atom stereocenters. The Morgan fingerprint density at radius 1 is 1.32 bits per heavy atom. The van der Waals surface area contributed by atoms with Gasteiger partial charge in [0.25, 0.3) is 0 Å². The number of hydrogen-bond acceptors (Lipinski definition) is 2. The van der Waals surface area contributed by atoms with E-state index in [1.54, 1.807) is 7.11 Å². The summed E-state index contributed by atoms with van der Waals surface area (Å²) in [7, 11) is 1.74. The summed E-state index contributed by atoms with van der Waals surface area (Å²) in [6, 6.07) is 10.6. The summed E-state index contributed by atoms with van der Waals surface area (Å²) in [5.41, 5.74) is 1.13. The molecule has 1 aromatic rings. The van der Waals surface area contributed by atoms with Crippen molar-refractivity contribution in [3.05, 3.63) is 35.9 Å². The van der Waals surface area contributed by atoms with E-state index >= 15 is 0 Å². The molecule has 0 aliphatic carbocycles. The molecule has 1 aromatic carbocycles. The van der Waals surface area contributed by atoms with E-state index in [1.807, 2.05) is 18.2 Å². The molecule has 1 aliphatic heterocycles. The van der Waals surface area contributed by atoms with Crippen molar-refractivity contribution in [2.24, 2.45) is 11.8 Å². The molecule has 3 heteroatoms. The third-order valence-electron chi connectivity index (χ3n) is 4.75. The standard InChI is InChI=1S/C19H29NO2/c1-5-17-11-15(13-22-4)12-20(17)19(21)18(14(2)3)16-9-7-6-8-10-16/h6-10,14-15,17-18H,5,11-13H2,1-4H3/t15?,17-,18?/m1/s1. The number of carbonyl (C=O) groups excluding carboxylic acids is 1. The zero-order chi connectivity index (χ0) is 16.1. The monoisotopic (exact) mass is 303 g/mol. The molecule has 0 N–H and O–H groups in total. The molecule has 1 aliphatic rings. The van der Waals surface area contributed by atoms with E-state index < -0.39 is 0 Å². The minimum Gasteiger partial charge on any atom is -0.384 e. The van der Waals surface area contributed by atoms with E-state index in [1.165, 1.54) is 0 Å². The van der Waals surface area contributed by atoms with Crippen LogP contribution >= 0.6 is 0 Å². The molecule has 0 aromatic heterocycles. The van der Waals surface area contributed by atoms with Crippen LogP contribution in [0, 0.1) is 11.8 Å². The van der Waals surface area contributed by atoms with Crippen LogP contribution in [-0.2, 0) is 9.53 Å². The Morgan fingerprint density at radius 2 is 2.00 bits per heavy atom. The Bertz CT molecular complexity index is 472. The number of carbonyl (C=O) groups is 1. The Hall–Kier alpha value is -1.35. The van der Waals surface area contributed by atoms with E-state index in [4.69, 9.17) is 4.74 Å². The fourth-order valence-electron chi connectivity index (χ4n) is 3.68. The molecule has 22 heavy (non-hydrogen) atoms. The summed E-state index contributed by atoms with van der Waals surface area (Å²) < 4.78 is 5.30. The lowest BCUT2D eigenvalue weighted by Gasteiger charge is -2.30. The van der Waals surface area contributed by atoms with Crippen molar-refractivity contribution in [3.8, 4) is 0 Å². The average molecular weight is 303 g/mol. The minimum atomic E-state index is -0.0449. The highest BCUT2D eigenvalue weighted by Crippen LogP contribution is 2.33. The molecule has 0 bridgehead atoms. The molecule has 2 rings (SSSR count). The molecule has 1 amide bonds. The van der Waals surface area contributed by atoms with Crippen molar-refractivity contribution in [1.29, 1.82) is 0 Å². The highest BCUT2D eigenvalue weighted by Gasteiger charge is 2.38. The van der Waals surface area contributed by atoms with Gasteiger partial charge in [-0.05, 0) is 24.3 Å². The first-order chi connectivity index (χ1) is 10.6. The van der Waals surface area contributed by atoms with Crippen LogP contribution in [0.15, 0.2) is 30.3 Å². The van der Waals surface area contributed by atoms with E-state index in [-0.39, 0.29) is 11.8 Å². The maximum Gasteiger partial charge on any atom is 0.230 e. The van der Waals surface area contributed by atoms with Crippen LogP contribution in [0.5, 0.6) is 0 Å². The molecular formula is C19H29NO2. The first-order valence-electron chi connectivity index (χ1n) is 8.42. The first-order valence-corrected chi connectivity index (χ1v) is 8.42. The van der Waals surface area contributed by atoms with Crippen LogP contribution in [0.25, 0.3) is 0 Å². The van der Waals surface area contributed by atoms with Gasteiger partial charge in [0.15, 0.2) is 0 Å². The highest BCUT2D eigenvalue weighted by atomic mass is 16.5. The third-order valence-corrected chi connectivity index (χ3v) is 4.75. The van der Waals surface area contributed by atoms with Gasteiger partial charge in [-0.1, -0.05) is 51.1 Å². The predicted molar refractivity (Wildman–Crippen MR) is 89.8 cm³/mol. The van der Waals surface area contributed by atoms with Crippen molar-refractivity contribution in [2.75, 3.05) is 20.3 Å². The first kappa shape index (κ1) is 17.0. The second-order valence-electron chi connectivity index (χ2n) is 6.74. The predicted octanol–water partition coefficient (Wildman–Crippen LogP) is 3.70. The van der Waals surface area contributed by atoms with Gasteiger partial charge in [-0.25, -0.2) is 0 Å². The summed E-state index contributed by atoms with van der Waals surface area (Å²) >= 11 is 0. The number of benzene rings is 1. The zero-order valence-corrected chi connectivity index (χ0v) is 14.3. The van der Waals surface area contributed by atoms with Gasteiger partial charge in [-0.15, -0.1) is 0 Å². The number of ether oxygens (including phenoxy) is 1. The van der Waals surface area contributed by atoms with Crippen molar-refractivity contribution in [2.45, 2.75) is 45.6 Å². The molecule has 3 nitrogen and oxygen atoms in total. The van der Waals surface area contributed by atoms with Gasteiger partial charge >= 0.3 is 0 Å². The maximum atomic E-state index is 13.2.